The number of ether oxygens (including phenoxy) is 3. The van der Waals surface area contributed by atoms with E-state index in [9.17, 15) is 13.2 Å². The molecule has 0 saturated carbocycles. The Morgan fingerprint density at radius 2 is 1.86 bits per heavy atom. The number of nitrogens with two attached hydrogens (primary N) is 1. The Balaban J connectivity index is 1.63. The molecule has 0 unspecified atom stereocenters. The molecule has 188 valence electrons. The van der Waals surface area contributed by atoms with E-state index in [1.54, 1.807) is 33.1 Å². The molecule has 1 fully saturated rings. The fourth-order valence-electron chi connectivity index (χ4n) is 4.13. The number of hydrogen-bond acceptors (Lipinski definition) is 7. The highest BCUT2D eigenvalue weighted by molar-refractivity contribution is 5.92. The van der Waals surface area contributed by atoms with Crippen molar-refractivity contribution in [1.29, 1.82) is 0 Å². The first-order chi connectivity index (χ1) is 16.6. The molecule has 35 heavy (non-hydrogen) atoms. The molecule has 0 radical (unpaired) electrons. The second-order valence-corrected chi connectivity index (χ2v) is 8.76. The molecule has 1 aliphatic heterocycles. The molecule has 1 atom stereocenters. The van der Waals surface area contributed by atoms with Gasteiger partial charge < -0.3 is 25.3 Å². The summed E-state index contributed by atoms with van der Waals surface area (Å²) in [4.78, 5) is 9.03. The molecule has 1 aliphatic rings. The van der Waals surface area contributed by atoms with Gasteiger partial charge in [-0.05, 0) is 62.4 Å². The number of alkyl halides is 3. The summed E-state index contributed by atoms with van der Waals surface area (Å²) in [5.74, 6) is 2.50. The second kappa shape index (κ2) is 10.2. The third-order valence-electron chi connectivity index (χ3n) is 6.07. The van der Waals surface area contributed by atoms with Crippen molar-refractivity contribution >= 4 is 22.4 Å². The third-order valence-corrected chi connectivity index (χ3v) is 6.07. The standard InChI is InChI=1S/C25H29F3N4O3/c1-14(17-8-18(25(26,27)28)10-19(29)9-17)30-24-20-11-22(33-3)23(12-21(20)31-15(2)32-24)35-13-16-4-6-34-7-5-16/h8-12,14,16H,4-7,13,29H2,1-3H3,(H,30,31,32)/t14-/m1/s1. The maximum atomic E-state index is 13.3. The van der Waals surface area contributed by atoms with Crippen LogP contribution in [0, 0.1) is 12.8 Å². The van der Waals surface area contributed by atoms with Gasteiger partial charge in [-0.2, -0.15) is 13.2 Å². The maximum Gasteiger partial charge on any atom is 0.416 e. The Morgan fingerprint density at radius 3 is 2.54 bits per heavy atom. The minimum Gasteiger partial charge on any atom is -0.493 e. The highest BCUT2D eigenvalue weighted by atomic mass is 19.4. The minimum atomic E-state index is -4.49. The molecule has 0 bridgehead atoms. The smallest absolute Gasteiger partial charge is 0.416 e. The Labute approximate surface area is 201 Å². The highest BCUT2D eigenvalue weighted by Crippen LogP contribution is 2.37. The molecule has 3 N–H and O–H groups in total. The Bertz CT molecular complexity index is 1200. The van der Waals surface area contributed by atoms with Gasteiger partial charge in [-0.15, -0.1) is 0 Å². The van der Waals surface area contributed by atoms with Gasteiger partial charge >= 0.3 is 6.18 Å². The lowest BCUT2D eigenvalue weighted by Gasteiger charge is -2.23. The van der Waals surface area contributed by atoms with Gasteiger partial charge in [-0.1, -0.05) is 0 Å². The van der Waals surface area contributed by atoms with Crippen LogP contribution in [0.25, 0.3) is 10.9 Å². The number of nitrogens with zero attached hydrogens (tertiary/aromatic N) is 2. The van der Waals surface area contributed by atoms with Crippen molar-refractivity contribution in [3.05, 3.63) is 47.3 Å². The van der Waals surface area contributed by atoms with Crippen LogP contribution in [0.3, 0.4) is 0 Å². The molecule has 2 aromatic carbocycles. The quantitative estimate of drug-likeness (QED) is 0.421. The van der Waals surface area contributed by atoms with Crippen molar-refractivity contribution in [2.24, 2.45) is 5.92 Å². The summed E-state index contributed by atoms with van der Waals surface area (Å²) in [6.45, 7) is 5.53. The zero-order valence-electron chi connectivity index (χ0n) is 19.9. The molecule has 10 heteroatoms. The summed E-state index contributed by atoms with van der Waals surface area (Å²) in [6.07, 6.45) is -2.59. The van der Waals surface area contributed by atoms with Crippen LogP contribution in [0.15, 0.2) is 30.3 Å². The van der Waals surface area contributed by atoms with Crippen LogP contribution in [0.1, 0.15) is 42.8 Å². The van der Waals surface area contributed by atoms with Gasteiger partial charge in [0.05, 0.1) is 30.8 Å². The van der Waals surface area contributed by atoms with Gasteiger partial charge in [0, 0.05) is 30.4 Å². The van der Waals surface area contributed by atoms with Crippen molar-refractivity contribution in [2.45, 2.75) is 38.9 Å². The van der Waals surface area contributed by atoms with E-state index >= 15 is 0 Å². The van der Waals surface area contributed by atoms with E-state index in [-0.39, 0.29) is 5.69 Å². The normalized spacial score (nSPS) is 15.7. The van der Waals surface area contributed by atoms with E-state index in [2.05, 4.69) is 15.3 Å². The van der Waals surface area contributed by atoms with Crippen LogP contribution in [0.4, 0.5) is 24.7 Å². The lowest BCUT2D eigenvalue weighted by atomic mass is 10.0. The largest absolute Gasteiger partial charge is 0.493 e. The number of halogens is 3. The first-order valence-corrected chi connectivity index (χ1v) is 11.4. The van der Waals surface area contributed by atoms with Crippen molar-refractivity contribution in [3.8, 4) is 11.5 Å². The van der Waals surface area contributed by atoms with Gasteiger partial charge in [0.2, 0.25) is 0 Å². The number of fused-ring (bicyclic) bond motifs is 1. The molecule has 4 rings (SSSR count). The second-order valence-electron chi connectivity index (χ2n) is 8.76. The predicted molar refractivity (Wildman–Crippen MR) is 128 cm³/mol. The number of benzene rings is 2. The van der Waals surface area contributed by atoms with E-state index < -0.39 is 17.8 Å². The summed E-state index contributed by atoms with van der Waals surface area (Å²) in [6, 6.07) is 6.61. The Morgan fingerprint density at radius 1 is 1.11 bits per heavy atom. The minimum absolute atomic E-state index is 0.0418. The van der Waals surface area contributed by atoms with Crippen molar-refractivity contribution in [2.75, 3.05) is 38.0 Å². The van der Waals surface area contributed by atoms with Gasteiger partial charge in [0.1, 0.15) is 11.6 Å². The fourth-order valence-corrected chi connectivity index (χ4v) is 4.13. The van der Waals surface area contributed by atoms with E-state index in [0.29, 0.717) is 52.1 Å². The first-order valence-electron chi connectivity index (χ1n) is 11.4. The zero-order chi connectivity index (χ0) is 25.2. The fraction of sp³-hybridized carbons (Fsp3) is 0.440. The Kier molecular flexibility index (Phi) is 7.20. The van der Waals surface area contributed by atoms with Crippen LogP contribution in [0.5, 0.6) is 11.5 Å². The van der Waals surface area contributed by atoms with Crippen LogP contribution < -0.4 is 20.5 Å². The number of anilines is 2. The third kappa shape index (κ3) is 5.87. The average molecular weight is 491 g/mol. The molecule has 2 heterocycles. The van der Waals surface area contributed by atoms with Crippen molar-refractivity contribution in [1.82, 2.24) is 9.97 Å². The number of aromatic nitrogens is 2. The maximum absolute atomic E-state index is 13.3. The average Bonchev–Trinajstić information content (AvgIpc) is 2.81. The van der Waals surface area contributed by atoms with Gasteiger partial charge in [-0.25, -0.2) is 9.97 Å². The highest BCUT2D eigenvalue weighted by Gasteiger charge is 2.31. The number of aryl methyl sites for hydroxylation is 1. The Hall–Kier alpha value is -3.27. The van der Waals surface area contributed by atoms with E-state index in [4.69, 9.17) is 19.9 Å². The van der Waals surface area contributed by atoms with Gasteiger partial charge in [-0.3, -0.25) is 0 Å². The van der Waals surface area contributed by atoms with E-state index in [0.717, 1.165) is 38.2 Å². The van der Waals surface area contributed by atoms with Crippen molar-refractivity contribution < 1.29 is 27.4 Å². The van der Waals surface area contributed by atoms with Crippen molar-refractivity contribution in [3.63, 3.8) is 0 Å². The number of rotatable bonds is 7. The predicted octanol–water partition coefficient (Wildman–Crippen LogP) is 5.53. The molecule has 7 nitrogen and oxygen atoms in total. The molecule has 0 spiro atoms. The van der Waals surface area contributed by atoms with Crippen LogP contribution in [-0.2, 0) is 10.9 Å². The molecule has 1 aromatic heterocycles. The van der Waals surface area contributed by atoms with E-state index in [1.807, 2.05) is 0 Å². The van der Waals surface area contributed by atoms with Gasteiger partial charge in [0.25, 0.3) is 0 Å². The number of nitrogens with one attached hydrogen (secondary N) is 1. The monoisotopic (exact) mass is 490 g/mol. The lowest BCUT2D eigenvalue weighted by Crippen LogP contribution is -2.21. The van der Waals surface area contributed by atoms with Crippen LogP contribution in [0.2, 0.25) is 0 Å². The first kappa shape index (κ1) is 24.8. The lowest BCUT2D eigenvalue weighted by molar-refractivity contribution is -0.137. The summed E-state index contributed by atoms with van der Waals surface area (Å²) < 4.78 is 56.9. The number of hydrogen-bond donors (Lipinski definition) is 2. The molecule has 1 saturated heterocycles. The topological polar surface area (TPSA) is 91.5 Å². The SMILES string of the molecule is COc1cc2c(N[C@H](C)c3cc(N)cc(C(F)(F)F)c3)nc(C)nc2cc1OCC1CCOCC1. The molecule has 3 aromatic rings. The molecule has 0 amide bonds. The van der Waals surface area contributed by atoms with E-state index in [1.165, 1.54) is 6.07 Å². The van der Waals surface area contributed by atoms with Crippen LogP contribution >= 0.6 is 0 Å². The summed E-state index contributed by atoms with van der Waals surface area (Å²) in [5.41, 5.74) is 6.03. The molecular weight excluding hydrogens is 461 g/mol. The summed E-state index contributed by atoms with van der Waals surface area (Å²) >= 11 is 0. The van der Waals surface area contributed by atoms with Gasteiger partial charge in [0.15, 0.2) is 11.5 Å². The number of nitrogen functional groups attached to an aromatic ring is 1. The number of methoxy groups -OCH3 is 1. The zero-order valence-corrected chi connectivity index (χ0v) is 19.9. The van der Waals surface area contributed by atoms with Crippen LogP contribution in [-0.4, -0.2) is 36.9 Å². The summed E-state index contributed by atoms with van der Waals surface area (Å²) in [5, 5.41) is 3.88. The molecule has 0 aliphatic carbocycles. The molecular formula is C25H29F3N4O3. The summed E-state index contributed by atoms with van der Waals surface area (Å²) in [7, 11) is 1.55.